The fourth-order valence-electron chi connectivity index (χ4n) is 1.82. The van der Waals surface area contributed by atoms with Crippen LogP contribution in [0.25, 0.3) is 0 Å². The summed E-state index contributed by atoms with van der Waals surface area (Å²) in [5.74, 6) is 1.60. The fraction of sp³-hybridized carbons (Fsp3) is 0.357. The van der Waals surface area contributed by atoms with Gasteiger partial charge in [-0.15, -0.1) is 0 Å². The second-order valence-electron chi connectivity index (χ2n) is 4.12. The van der Waals surface area contributed by atoms with E-state index >= 15 is 0 Å². The maximum absolute atomic E-state index is 5.66. The van der Waals surface area contributed by atoms with Crippen LogP contribution in [0.4, 0.5) is 5.82 Å². The largest absolute Gasteiger partial charge is 0.489 e. The van der Waals surface area contributed by atoms with Crippen LogP contribution < -0.4 is 14.8 Å². The van der Waals surface area contributed by atoms with Gasteiger partial charge in [0.15, 0.2) is 5.82 Å². The fourth-order valence-corrected chi connectivity index (χ4v) is 1.82. The predicted molar refractivity (Wildman–Crippen MR) is 76.2 cm³/mol. The van der Waals surface area contributed by atoms with Crippen molar-refractivity contribution in [1.29, 1.82) is 0 Å². The molecular weight excluding hydrogens is 256 g/mol. The third kappa shape index (κ3) is 3.57. The first-order valence-corrected chi connectivity index (χ1v) is 6.43. The number of anilines is 1. The Morgan fingerprint density at radius 1 is 1.20 bits per heavy atom. The van der Waals surface area contributed by atoms with E-state index in [9.17, 15) is 0 Å². The quantitative estimate of drug-likeness (QED) is 0.778. The van der Waals surface area contributed by atoms with E-state index in [1.807, 2.05) is 12.1 Å². The van der Waals surface area contributed by atoms with Crippen molar-refractivity contribution in [2.24, 2.45) is 0 Å². The van der Waals surface area contributed by atoms with Crippen LogP contribution in [0.5, 0.6) is 11.6 Å². The van der Waals surface area contributed by atoms with E-state index in [1.165, 1.54) is 11.9 Å². The predicted octanol–water partition coefficient (Wildman–Crippen LogP) is 1.93. The number of aryl methyl sites for hydroxylation is 1. The monoisotopic (exact) mass is 274 g/mol. The Kier molecular flexibility index (Phi) is 5.11. The lowest BCUT2D eigenvalue weighted by molar-refractivity contribution is 0.277. The van der Waals surface area contributed by atoms with Crippen LogP contribution in [0.1, 0.15) is 12.0 Å². The van der Waals surface area contributed by atoms with E-state index in [-0.39, 0.29) is 0 Å². The maximum atomic E-state index is 5.66. The lowest BCUT2D eigenvalue weighted by Crippen LogP contribution is -2.05. The van der Waals surface area contributed by atoms with E-state index in [0.29, 0.717) is 24.1 Å². The van der Waals surface area contributed by atoms with Crippen molar-refractivity contribution in [2.45, 2.75) is 12.8 Å². The molecule has 0 aliphatic heterocycles. The molecule has 0 aliphatic rings. The molecular formula is C14H18N4O2. The summed E-state index contributed by atoms with van der Waals surface area (Å²) in [4.78, 5) is 12.2. The number of ether oxygens (including phenoxy) is 2. The second-order valence-corrected chi connectivity index (χ2v) is 4.12. The average Bonchev–Trinajstić information content (AvgIpc) is 2.52. The second kappa shape index (κ2) is 7.28. The summed E-state index contributed by atoms with van der Waals surface area (Å²) in [6.45, 7) is 0.568. The highest BCUT2D eigenvalue weighted by atomic mass is 16.5. The molecule has 0 aromatic carbocycles. The highest BCUT2D eigenvalue weighted by Crippen LogP contribution is 2.30. The first-order valence-electron chi connectivity index (χ1n) is 6.43. The molecule has 106 valence electrons. The Labute approximate surface area is 118 Å². The summed E-state index contributed by atoms with van der Waals surface area (Å²) >= 11 is 0. The van der Waals surface area contributed by atoms with Gasteiger partial charge >= 0.3 is 0 Å². The van der Waals surface area contributed by atoms with Crippen molar-refractivity contribution >= 4 is 5.82 Å². The zero-order valence-corrected chi connectivity index (χ0v) is 11.7. The van der Waals surface area contributed by atoms with Crippen molar-refractivity contribution in [3.63, 3.8) is 0 Å². The minimum atomic E-state index is 0.460. The van der Waals surface area contributed by atoms with E-state index in [2.05, 4.69) is 20.3 Å². The SMILES string of the molecule is CNc1ncnc(OCCCc2ccncc2)c1OC. The van der Waals surface area contributed by atoms with Gasteiger partial charge in [0.1, 0.15) is 6.33 Å². The Hall–Kier alpha value is -2.37. The molecule has 0 atom stereocenters. The molecule has 2 heterocycles. The Morgan fingerprint density at radius 2 is 2.00 bits per heavy atom. The topological polar surface area (TPSA) is 69.2 Å². The van der Waals surface area contributed by atoms with Gasteiger partial charge in [-0.25, -0.2) is 4.98 Å². The molecule has 2 rings (SSSR count). The molecule has 6 nitrogen and oxygen atoms in total. The van der Waals surface area contributed by atoms with Gasteiger partial charge in [-0.2, -0.15) is 4.98 Å². The summed E-state index contributed by atoms with van der Waals surface area (Å²) < 4.78 is 10.9. The Morgan fingerprint density at radius 3 is 2.70 bits per heavy atom. The number of nitrogens with zero attached hydrogens (tertiary/aromatic N) is 3. The molecule has 0 bridgehead atoms. The van der Waals surface area contributed by atoms with Crippen LogP contribution in [-0.4, -0.2) is 35.7 Å². The van der Waals surface area contributed by atoms with Gasteiger partial charge in [-0.1, -0.05) is 0 Å². The number of aromatic nitrogens is 3. The first-order chi connectivity index (χ1) is 9.85. The van der Waals surface area contributed by atoms with Gasteiger partial charge < -0.3 is 14.8 Å². The standard InChI is InChI=1S/C14H18N4O2/c1-15-13-12(19-2)14(18-10-17-13)20-9-3-4-11-5-7-16-8-6-11/h5-8,10H,3-4,9H2,1-2H3,(H,15,17,18). The van der Waals surface area contributed by atoms with E-state index in [1.54, 1.807) is 26.6 Å². The van der Waals surface area contributed by atoms with E-state index < -0.39 is 0 Å². The van der Waals surface area contributed by atoms with Crippen LogP contribution in [0, 0.1) is 0 Å². The summed E-state index contributed by atoms with van der Waals surface area (Å²) in [7, 11) is 3.35. The van der Waals surface area contributed by atoms with E-state index in [4.69, 9.17) is 9.47 Å². The molecule has 2 aromatic heterocycles. The van der Waals surface area contributed by atoms with Crippen LogP contribution in [0.2, 0.25) is 0 Å². The normalized spacial score (nSPS) is 10.1. The number of rotatable bonds is 7. The third-order valence-electron chi connectivity index (χ3n) is 2.81. The number of nitrogens with one attached hydrogen (secondary N) is 1. The van der Waals surface area contributed by atoms with Gasteiger partial charge in [-0.05, 0) is 30.5 Å². The average molecular weight is 274 g/mol. The van der Waals surface area contributed by atoms with Gasteiger partial charge in [0.25, 0.3) is 5.88 Å². The molecule has 0 spiro atoms. The van der Waals surface area contributed by atoms with Gasteiger partial charge in [0.2, 0.25) is 5.75 Å². The summed E-state index contributed by atoms with van der Waals surface area (Å²) in [6.07, 6.45) is 6.87. The van der Waals surface area contributed by atoms with Crippen molar-refractivity contribution in [3.05, 3.63) is 36.4 Å². The summed E-state index contributed by atoms with van der Waals surface area (Å²) in [5.41, 5.74) is 1.24. The molecule has 20 heavy (non-hydrogen) atoms. The maximum Gasteiger partial charge on any atom is 0.262 e. The lowest BCUT2D eigenvalue weighted by atomic mass is 10.1. The highest BCUT2D eigenvalue weighted by Gasteiger charge is 2.11. The molecule has 6 heteroatoms. The Bertz CT molecular complexity index is 534. The molecule has 0 aliphatic carbocycles. The van der Waals surface area contributed by atoms with Crippen molar-refractivity contribution in [1.82, 2.24) is 15.0 Å². The molecule has 0 unspecified atom stereocenters. The molecule has 0 radical (unpaired) electrons. The van der Waals surface area contributed by atoms with Gasteiger partial charge in [-0.3, -0.25) is 4.98 Å². The molecule has 1 N–H and O–H groups in total. The first kappa shape index (κ1) is 14.0. The minimum absolute atomic E-state index is 0.460. The molecule has 0 fully saturated rings. The Balaban J connectivity index is 1.88. The molecule has 2 aromatic rings. The van der Waals surface area contributed by atoms with Crippen molar-refractivity contribution < 1.29 is 9.47 Å². The van der Waals surface area contributed by atoms with E-state index in [0.717, 1.165) is 12.8 Å². The minimum Gasteiger partial charge on any atom is -0.489 e. The van der Waals surface area contributed by atoms with Crippen molar-refractivity contribution in [2.75, 3.05) is 26.1 Å². The zero-order valence-electron chi connectivity index (χ0n) is 11.7. The highest BCUT2D eigenvalue weighted by molar-refractivity contribution is 5.54. The van der Waals surface area contributed by atoms with Crippen LogP contribution in [0.15, 0.2) is 30.9 Å². The zero-order chi connectivity index (χ0) is 14.2. The lowest BCUT2D eigenvalue weighted by Gasteiger charge is -2.11. The smallest absolute Gasteiger partial charge is 0.262 e. The molecule has 0 saturated carbocycles. The van der Waals surface area contributed by atoms with Crippen LogP contribution in [-0.2, 0) is 6.42 Å². The third-order valence-corrected chi connectivity index (χ3v) is 2.81. The van der Waals surface area contributed by atoms with Crippen LogP contribution >= 0.6 is 0 Å². The molecule has 0 amide bonds. The summed E-state index contributed by atoms with van der Waals surface area (Å²) in [5, 5.41) is 2.94. The van der Waals surface area contributed by atoms with Crippen molar-refractivity contribution in [3.8, 4) is 11.6 Å². The van der Waals surface area contributed by atoms with Gasteiger partial charge in [0, 0.05) is 19.4 Å². The number of pyridine rings is 1. The summed E-state index contributed by atoms with van der Waals surface area (Å²) in [6, 6.07) is 4.01. The number of hydrogen-bond donors (Lipinski definition) is 1. The van der Waals surface area contributed by atoms with Gasteiger partial charge in [0.05, 0.1) is 13.7 Å². The molecule has 0 saturated heterocycles. The van der Waals surface area contributed by atoms with Crippen LogP contribution in [0.3, 0.4) is 0 Å². The number of hydrogen-bond acceptors (Lipinski definition) is 6. The number of methoxy groups -OCH3 is 1.